The second kappa shape index (κ2) is 8.86. The lowest BCUT2D eigenvalue weighted by Gasteiger charge is -2.29. The van der Waals surface area contributed by atoms with Gasteiger partial charge >= 0.3 is 0 Å². The van der Waals surface area contributed by atoms with Gasteiger partial charge in [0.25, 0.3) is 0 Å². The fraction of sp³-hybridized carbons (Fsp3) is 0.409. The van der Waals surface area contributed by atoms with Crippen molar-refractivity contribution in [1.29, 1.82) is 0 Å². The van der Waals surface area contributed by atoms with Gasteiger partial charge in [-0.05, 0) is 35.6 Å². The lowest BCUT2D eigenvalue weighted by molar-refractivity contribution is -0.116. The molecule has 4 heteroatoms. The zero-order chi connectivity index (χ0) is 18.4. The van der Waals surface area contributed by atoms with Gasteiger partial charge in [-0.2, -0.15) is 0 Å². The molecule has 4 nitrogen and oxygen atoms in total. The van der Waals surface area contributed by atoms with Crippen molar-refractivity contribution in [2.24, 2.45) is 5.92 Å². The number of amides is 1. The first kappa shape index (κ1) is 18.5. The topological polar surface area (TPSA) is 41.6 Å². The molecule has 2 aromatic rings. The van der Waals surface area contributed by atoms with Crippen LogP contribution in [0.2, 0.25) is 0 Å². The largest absolute Gasteiger partial charge is 0.378 e. The second-order valence-electron chi connectivity index (χ2n) is 7.16. The van der Waals surface area contributed by atoms with Gasteiger partial charge in [-0.3, -0.25) is 4.79 Å². The van der Waals surface area contributed by atoms with E-state index in [9.17, 15) is 4.79 Å². The summed E-state index contributed by atoms with van der Waals surface area (Å²) in [6.07, 6.45) is 0.490. The van der Waals surface area contributed by atoms with E-state index in [1.165, 1.54) is 5.56 Å². The molecule has 1 amide bonds. The van der Waals surface area contributed by atoms with Crippen molar-refractivity contribution in [2.45, 2.75) is 26.2 Å². The average Bonchev–Trinajstić information content (AvgIpc) is 2.67. The summed E-state index contributed by atoms with van der Waals surface area (Å²) in [6.45, 7) is 7.63. The van der Waals surface area contributed by atoms with Crippen molar-refractivity contribution >= 4 is 17.3 Å². The van der Waals surface area contributed by atoms with Crippen LogP contribution in [0.25, 0.3) is 0 Å². The highest BCUT2D eigenvalue weighted by molar-refractivity contribution is 5.91. The third-order valence-corrected chi connectivity index (χ3v) is 4.94. The Morgan fingerprint density at radius 1 is 1.08 bits per heavy atom. The number of carbonyl (C=O) groups is 1. The molecule has 0 aliphatic carbocycles. The molecule has 0 radical (unpaired) electrons. The molecule has 26 heavy (non-hydrogen) atoms. The van der Waals surface area contributed by atoms with Gasteiger partial charge in [0.2, 0.25) is 5.91 Å². The standard InChI is InChI=1S/C22H28N2O2/c1-17(2)21(18-7-4-3-5-8-18)16-22(25)23-19-9-6-10-20(15-19)24-11-13-26-14-12-24/h3-10,15,17,21H,11-14,16H2,1-2H3,(H,23,25). The van der Waals surface area contributed by atoms with Crippen LogP contribution in [0.5, 0.6) is 0 Å². The lowest BCUT2D eigenvalue weighted by Crippen LogP contribution is -2.36. The van der Waals surface area contributed by atoms with Crippen molar-refractivity contribution in [3.8, 4) is 0 Å². The number of nitrogens with zero attached hydrogens (tertiary/aromatic N) is 1. The zero-order valence-corrected chi connectivity index (χ0v) is 15.7. The van der Waals surface area contributed by atoms with Gasteiger partial charge in [0.05, 0.1) is 13.2 Å². The molecule has 1 saturated heterocycles. The van der Waals surface area contributed by atoms with E-state index in [0.717, 1.165) is 37.7 Å². The highest BCUT2D eigenvalue weighted by atomic mass is 16.5. The Balaban J connectivity index is 1.65. The number of rotatable bonds is 6. The maximum Gasteiger partial charge on any atom is 0.224 e. The molecule has 0 spiro atoms. The summed E-state index contributed by atoms with van der Waals surface area (Å²) < 4.78 is 5.41. The summed E-state index contributed by atoms with van der Waals surface area (Å²) in [5, 5.41) is 3.08. The van der Waals surface area contributed by atoms with E-state index in [2.05, 4.69) is 48.3 Å². The summed E-state index contributed by atoms with van der Waals surface area (Å²) in [7, 11) is 0. The van der Waals surface area contributed by atoms with E-state index in [-0.39, 0.29) is 11.8 Å². The molecule has 1 fully saturated rings. The molecular weight excluding hydrogens is 324 g/mol. The van der Waals surface area contributed by atoms with Crippen LogP contribution in [0, 0.1) is 5.92 Å². The van der Waals surface area contributed by atoms with Gasteiger partial charge in [-0.15, -0.1) is 0 Å². The molecule has 1 unspecified atom stereocenters. The minimum absolute atomic E-state index is 0.0617. The van der Waals surface area contributed by atoms with Crippen molar-refractivity contribution in [3.63, 3.8) is 0 Å². The van der Waals surface area contributed by atoms with Crippen LogP contribution in [0.15, 0.2) is 54.6 Å². The summed E-state index contributed by atoms with van der Waals surface area (Å²) >= 11 is 0. The molecule has 0 bridgehead atoms. The molecule has 1 atom stereocenters. The predicted molar refractivity (Wildman–Crippen MR) is 107 cm³/mol. The van der Waals surface area contributed by atoms with E-state index >= 15 is 0 Å². The Hall–Kier alpha value is -2.33. The highest BCUT2D eigenvalue weighted by Gasteiger charge is 2.20. The maximum absolute atomic E-state index is 12.6. The number of nitrogens with one attached hydrogen (secondary N) is 1. The molecule has 138 valence electrons. The monoisotopic (exact) mass is 352 g/mol. The van der Waals surface area contributed by atoms with Gasteiger partial charge in [0, 0.05) is 30.9 Å². The Bertz CT molecular complexity index is 709. The van der Waals surface area contributed by atoms with Crippen molar-refractivity contribution in [2.75, 3.05) is 36.5 Å². The van der Waals surface area contributed by atoms with E-state index in [1.54, 1.807) is 0 Å². The number of anilines is 2. The van der Waals surface area contributed by atoms with E-state index in [0.29, 0.717) is 12.3 Å². The SMILES string of the molecule is CC(C)C(CC(=O)Nc1cccc(N2CCOCC2)c1)c1ccccc1. The van der Waals surface area contributed by atoms with Crippen LogP contribution in [0.3, 0.4) is 0 Å². The minimum atomic E-state index is 0.0617. The van der Waals surface area contributed by atoms with Gasteiger partial charge in [0.15, 0.2) is 0 Å². The van der Waals surface area contributed by atoms with E-state index < -0.39 is 0 Å². The van der Waals surface area contributed by atoms with Crippen LogP contribution in [-0.2, 0) is 9.53 Å². The Morgan fingerprint density at radius 3 is 2.50 bits per heavy atom. The van der Waals surface area contributed by atoms with Gasteiger partial charge in [-0.1, -0.05) is 50.2 Å². The summed E-state index contributed by atoms with van der Waals surface area (Å²) in [5.74, 6) is 0.688. The average molecular weight is 352 g/mol. The van der Waals surface area contributed by atoms with Crippen molar-refractivity contribution in [1.82, 2.24) is 0 Å². The van der Waals surface area contributed by atoms with Crippen LogP contribution in [-0.4, -0.2) is 32.2 Å². The first-order valence-electron chi connectivity index (χ1n) is 9.41. The van der Waals surface area contributed by atoms with Crippen molar-refractivity contribution in [3.05, 3.63) is 60.2 Å². The maximum atomic E-state index is 12.6. The number of ether oxygens (including phenoxy) is 1. The minimum Gasteiger partial charge on any atom is -0.378 e. The quantitative estimate of drug-likeness (QED) is 0.843. The molecule has 1 aliphatic rings. The van der Waals surface area contributed by atoms with Crippen molar-refractivity contribution < 1.29 is 9.53 Å². The smallest absolute Gasteiger partial charge is 0.224 e. The molecule has 0 aromatic heterocycles. The van der Waals surface area contributed by atoms with Gasteiger partial charge < -0.3 is 15.0 Å². The summed E-state index contributed by atoms with van der Waals surface area (Å²) in [4.78, 5) is 14.9. The summed E-state index contributed by atoms with van der Waals surface area (Å²) in [5.41, 5.74) is 3.21. The Morgan fingerprint density at radius 2 is 1.81 bits per heavy atom. The Kier molecular flexibility index (Phi) is 6.29. The molecule has 1 heterocycles. The molecule has 2 aromatic carbocycles. The number of hydrogen-bond donors (Lipinski definition) is 1. The third kappa shape index (κ3) is 4.85. The number of hydrogen-bond acceptors (Lipinski definition) is 3. The van der Waals surface area contributed by atoms with Gasteiger partial charge in [-0.25, -0.2) is 0 Å². The zero-order valence-electron chi connectivity index (χ0n) is 15.7. The number of carbonyl (C=O) groups excluding carboxylic acids is 1. The van der Waals surface area contributed by atoms with Crippen LogP contribution < -0.4 is 10.2 Å². The molecule has 3 rings (SSSR count). The molecule has 1 aliphatic heterocycles. The van der Waals surface area contributed by atoms with E-state index in [1.807, 2.05) is 30.3 Å². The van der Waals surface area contributed by atoms with Gasteiger partial charge in [0.1, 0.15) is 0 Å². The van der Waals surface area contributed by atoms with E-state index in [4.69, 9.17) is 4.74 Å². The first-order chi connectivity index (χ1) is 12.6. The summed E-state index contributed by atoms with van der Waals surface area (Å²) in [6, 6.07) is 18.4. The van der Waals surface area contributed by atoms with Crippen LogP contribution in [0.4, 0.5) is 11.4 Å². The first-order valence-corrected chi connectivity index (χ1v) is 9.41. The lowest BCUT2D eigenvalue weighted by atomic mass is 9.85. The molecular formula is C22H28N2O2. The fourth-order valence-electron chi connectivity index (χ4n) is 3.45. The second-order valence-corrected chi connectivity index (χ2v) is 7.16. The fourth-order valence-corrected chi connectivity index (χ4v) is 3.45. The predicted octanol–water partition coefficient (Wildman–Crippen LogP) is 4.29. The van der Waals surface area contributed by atoms with Crippen LogP contribution in [0.1, 0.15) is 31.7 Å². The highest BCUT2D eigenvalue weighted by Crippen LogP contribution is 2.28. The molecule has 1 N–H and O–H groups in total. The third-order valence-electron chi connectivity index (χ3n) is 4.94. The Labute approximate surface area is 156 Å². The molecule has 0 saturated carbocycles. The number of morpholine rings is 1. The number of benzene rings is 2. The van der Waals surface area contributed by atoms with Crippen LogP contribution >= 0.6 is 0 Å². The normalized spacial score (nSPS) is 15.7.